The molecule has 1 saturated heterocycles. The second-order valence-electron chi connectivity index (χ2n) is 7.79. The predicted octanol–water partition coefficient (Wildman–Crippen LogP) is 2.49. The monoisotopic (exact) mass is 344 g/mol. The number of rotatable bonds is 7. The van der Waals surface area contributed by atoms with Gasteiger partial charge in [-0.15, -0.1) is 0 Å². The van der Waals surface area contributed by atoms with Crippen molar-refractivity contribution in [1.82, 2.24) is 10.2 Å². The van der Waals surface area contributed by atoms with E-state index in [2.05, 4.69) is 19.2 Å². The number of nitrogens with zero attached hydrogens (tertiary/aromatic N) is 1. The molecule has 1 aliphatic carbocycles. The van der Waals surface area contributed by atoms with Crippen LogP contribution in [-0.2, 0) is 15.0 Å². The molecule has 2 amide bonds. The lowest BCUT2D eigenvalue weighted by Gasteiger charge is -2.22. The highest BCUT2D eigenvalue weighted by molar-refractivity contribution is 5.93. The van der Waals surface area contributed by atoms with Crippen molar-refractivity contribution in [2.24, 2.45) is 5.41 Å². The number of benzene rings is 1. The van der Waals surface area contributed by atoms with Gasteiger partial charge in [0.15, 0.2) is 0 Å². The van der Waals surface area contributed by atoms with Gasteiger partial charge in [0, 0.05) is 26.1 Å². The van der Waals surface area contributed by atoms with Gasteiger partial charge in [-0.05, 0) is 42.4 Å². The van der Waals surface area contributed by atoms with E-state index in [1.807, 2.05) is 29.2 Å². The summed E-state index contributed by atoms with van der Waals surface area (Å²) in [6.07, 6.45) is 3.28. The Morgan fingerprint density at radius 3 is 2.48 bits per heavy atom. The number of hydrogen-bond acceptors (Lipinski definition) is 3. The van der Waals surface area contributed by atoms with Crippen molar-refractivity contribution in [3.8, 4) is 5.75 Å². The van der Waals surface area contributed by atoms with Crippen LogP contribution < -0.4 is 10.1 Å². The summed E-state index contributed by atoms with van der Waals surface area (Å²) in [6.45, 7) is 6.48. The summed E-state index contributed by atoms with van der Waals surface area (Å²) >= 11 is 0. The van der Waals surface area contributed by atoms with Crippen LogP contribution in [0.25, 0.3) is 0 Å². The zero-order chi connectivity index (χ0) is 18.1. The van der Waals surface area contributed by atoms with Crippen molar-refractivity contribution in [3.05, 3.63) is 29.8 Å². The largest absolute Gasteiger partial charge is 0.497 e. The lowest BCUT2D eigenvalue weighted by atomic mass is 9.87. The van der Waals surface area contributed by atoms with Gasteiger partial charge in [0.25, 0.3) is 0 Å². The standard InChI is InChI=1S/C20H28N2O3/c1-19(2)14-20(19,15-7-9-16(25-3)10-8-15)18(24)21-11-5-13-22-12-4-6-17(22)23/h7-10H,4-6,11-14H2,1-3H3,(H,21,24)/t20-/m1/s1. The van der Waals surface area contributed by atoms with Crippen molar-refractivity contribution in [2.45, 2.75) is 44.9 Å². The topological polar surface area (TPSA) is 58.6 Å². The SMILES string of the molecule is COc1ccc([C@@]2(C(=O)NCCCN3CCCC3=O)CC2(C)C)cc1. The second kappa shape index (κ2) is 6.70. The van der Waals surface area contributed by atoms with Gasteiger partial charge in [0.05, 0.1) is 12.5 Å². The van der Waals surface area contributed by atoms with E-state index in [-0.39, 0.29) is 17.2 Å². The Balaban J connectivity index is 1.59. The van der Waals surface area contributed by atoms with Crippen LogP contribution in [0.5, 0.6) is 5.75 Å². The highest BCUT2D eigenvalue weighted by Crippen LogP contribution is 2.64. The fraction of sp³-hybridized carbons (Fsp3) is 0.600. The highest BCUT2D eigenvalue weighted by Gasteiger charge is 2.66. The van der Waals surface area contributed by atoms with Crippen LogP contribution >= 0.6 is 0 Å². The number of likely N-dealkylation sites (tertiary alicyclic amines) is 1. The highest BCUT2D eigenvalue weighted by atomic mass is 16.5. The van der Waals surface area contributed by atoms with Crippen LogP contribution in [0.15, 0.2) is 24.3 Å². The minimum absolute atomic E-state index is 0.0450. The van der Waals surface area contributed by atoms with Crippen molar-refractivity contribution in [3.63, 3.8) is 0 Å². The predicted molar refractivity (Wildman–Crippen MR) is 96.5 cm³/mol. The molecule has 2 fully saturated rings. The van der Waals surface area contributed by atoms with E-state index in [1.165, 1.54) is 0 Å². The summed E-state index contributed by atoms with van der Waals surface area (Å²) in [5.41, 5.74) is 0.546. The summed E-state index contributed by atoms with van der Waals surface area (Å²) in [6, 6.07) is 7.82. The van der Waals surface area contributed by atoms with E-state index >= 15 is 0 Å². The number of ether oxygens (including phenoxy) is 1. The molecule has 1 N–H and O–H groups in total. The van der Waals surface area contributed by atoms with Crippen LogP contribution in [0.3, 0.4) is 0 Å². The van der Waals surface area contributed by atoms with Crippen LogP contribution in [-0.4, -0.2) is 43.5 Å². The molecule has 1 aliphatic heterocycles. The third-order valence-corrected chi connectivity index (χ3v) is 5.77. The molecular formula is C20H28N2O3. The van der Waals surface area contributed by atoms with Gasteiger partial charge in [0.1, 0.15) is 5.75 Å². The molecule has 2 aliphatic rings. The Morgan fingerprint density at radius 1 is 1.28 bits per heavy atom. The fourth-order valence-electron chi connectivity index (χ4n) is 4.07. The minimum atomic E-state index is -0.456. The molecule has 136 valence electrons. The third kappa shape index (κ3) is 3.24. The van der Waals surface area contributed by atoms with E-state index in [0.29, 0.717) is 13.0 Å². The quantitative estimate of drug-likeness (QED) is 0.773. The Hall–Kier alpha value is -2.04. The molecule has 0 spiro atoms. The number of carbonyl (C=O) groups excluding carboxylic acids is 2. The summed E-state index contributed by atoms with van der Waals surface area (Å²) in [5.74, 6) is 1.13. The lowest BCUT2D eigenvalue weighted by Crippen LogP contribution is -2.39. The maximum Gasteiger partial charge on any atom is 0.231 e. The average molecular weight is 344 g/mol. The lowest BCUT2D eigenvalue weighted by molar-refractivity contribution is -0.127. The molecular weight excluding hydrogens is 316 g/mol. The van der Waals surface area contributed by atoms with Gasteiger partial charge < -0.3 is 15.0 Å². The maximum absolute atomic E-state index is 12.9. The number of nitrogens with one attached hydrogen (secondary N) is 1. The first-order valence-corrected chi connectivity index (χ1v) is 9.11. The first-order chi connectivity index (χ1) is 11.9. The number of hydrogen-bond donors (Lipinski definition) is 1. The Kier molecular flexibility index (Phi) is 4.76. The van der Waals surface area contributed by atoms with Crippen molar-refractivity contribution in [2.75, 3.05) is 26.7 Å². The first kappa shape index (κ1) is 17.8. The normalized spacial score (nSPS) is 24.3. The van der Waals surface area contributed by atoms with E-state index in [0.717, 1.165) is 43.7 Å². The number of methoxy groups -OCH3 is 1. The van der Waals surface area contributed by atoms with Crippen LogP contribution in [0, 0.1) is 5.41 Å². The molecule has 25 heavy (non-hydrogen) atoms. The molecule has 3 rings (SSSR count). The molecule has 1 aromatic carbocycles. The maximum atomic E-state index is 12.9. The van der Waals surface area contributed by atoms with Gasteiger partial charge in [-0.1, -0.05) is 26.0 Å². The summed E-state index contributed by atoms with van der Waals surface area (Å²) in [7, 11) is 1.64. The molecule has 0 unspecified atom stereocenters. The Labute approximate surface area is 149 Å². The first-order valence-electron chi connectivity index (χ1n) is 9.11. The van der Waals surface area contributed by atoms with Gasteiger partial charge in [-0.3, -0.25) is 9.59 Å². The zero-order valence-corrected chi connectivity index (χ0v) is 15.4. The molecule has 0 radical (unpaired) electrons. The van der Waals surface area contributed by atoms with Gasteiger partial charge in [-0.25, -0.2) is 0 Å². The van der Waals surface area contributed by atoms with Gasteiger partial charge in [0.2, 0.25) is 11.8 Å². The Morgan fingerprint density at radius 2 is 1.96 bits per heavy atom. The molecule has 1 saturated carbocycles. The van der Waals surface area contributed by atoms with Crippen molar-refractivity contribution in [1.29, 1.82) is 0 Å². The summed E-state index contributed by atoms with van der Waals surface area (Å²) < 4.78 is 5.22. The summed E-state index contributed by atoms with van der Waals surface area (Å²) in [4.78, 5) is 26.5. The van der Waals surface area contributed by atoms with Gasteiger partial charge in [-0.2, -0.15) is 0 Å². The number of carbonyl (C=O) groups is 2. The van der Waals surface area contributed by atoms with E-state index in [4.69, 9.17) is 4.74 Å². The van der Waals surface area contributed by atoms with Crippen LogP contribution in [0.4, 0.5) is 0 Å². The molecule has 5 heteroatoms. The fourth-order valence-corrected chi connectivity index (χ4v) is 4.07. The Bertz CT molecular complexity index is 653. The molecule has 0 aromatic heterocycles. The smallest absolute Gasteiger partial charge is 0.231 e. The van der Waals surface area contributed by atoms with Crippen LogP contribution in [0.2, 0.25) is 0 Å². The molecule has 1 heterocycles. The molecule has 1 aromatic rings. The number of amides is 2. The minimum Gasteiger partial charge on any atom is -0.497 e. The van der Waals surface area contributed by atoms with E-state index in [1.54, 1.807) is 7.11 Å². The van der Waals surface area contributed by atoms with Gasteiger partial charge >= 0.3 is 0 Å². The second-order valence-corrected chi connectivity index (χ2v) is 7.79. The molecule has 0 bridgehead atoms. The van der Waals surface area contributed by atoms with Crippen molar-refractivity contribution < 1.29 is 14.3 Å². The van der Waals surface area contributed by atoms with Crippen molar-refractivity contribution >= 4 is 11.8 Å². The van der Waals surface area contributed by atoms with E-state index in [9.17, 15) is 9.59 Å². The third-order valence-electron chi connectivity index (χ3n) is 5.77. The zero-order valence-electron chi connectivity index (χ0n) is 15.4. The summed E-state index contributed by atoms with van der Waals surface area (Å²) in [5, 5.41) is 3.10. The van der Waals surface area contributed by atoms with Crippen LogP contribution in [0.1, 0.15) is 45.1 Å². The molecule has 1 atom stereocenters. The molecule has 5 nitrogen and oxygen atoms in total. The van der Waals surface area contributed by atoms with E-state index < -0.39 is 5.41 Å². The average Bonchev–Trinajstić information content (AvgIpc) is 2.97.